The average Bonchev–Trinajstić information content (AvgIpc) is 2.36. The van der Waals surface area contributed by atoms with E-state index in [0.717, 1.165) is 18.7 Å². The molecule has 0 spiro atoms. The number of anilines is 1. The quantitative estimate of drug-likeness (QED) is 0.770. The van der Waals surface area contributed by atoms with E-state index in [9.17, 15) is 4.79 Å². The number of ether oxygens (including phenoxy) is 2. The van der Waals surface area contributed by atoms with Gasteiger partial charge in [0.2, 0.25) is 0 Å². The summed E-state index contributed by atoms with van der Waals surface area (Å²) in [6.07, 6.45) is 0.840. The molecule has 1 rings (SSSR count). The van der Waals surface area contributed by atoms with E-state index in [1.807, 2.05) is 26.0 Å². The van der Waals surface area contributed by atoms with Crippen LogP contribution in [-0.4, -0.2) is 31.8 Å². The van der Waals surface area contributed by atoms with Crippen LogP contribution < -0.4 is 5.32 Å². The van der Waals surface area contributed by atoms with E-state index >= 15 is 0 Å². The number of benzene rings is 1. The zero-order chi connectivity index (χ0) is 14.3. The predicted molar refractivity (Wildman–Crippen MR) is 76.6 cm³/mol. The highest BCUT2D eigenvalue weighted by Crippen LogP contribution is 2.13. The first-order valence-corrected chi connectivity index (χ1v) is 6.59. The van der Waals surface area contributed by atoms with Gasteiger partial charge >= 0.3 is 5.97 Å². The van der Waals surface area contributed by atoms with E-state index in [2.05, 4.69) is 12.2 Å². The third-order valence-corrected chi connectivity index (χ3v) is 2.63. The molecule has 0 aliphatic heterocycles. The van der Waals surface area contributed by atoms with E-state index in [1.165, 1.54) is 0 Å². The summed E-state index contributed by atoms with van der Waals surface area (Å²) < 4.78 is 10.2. The molecule has 0 saturated heterocycles. The largest absolute Gasteiger partial charge is 0.459 e. The molecule has 1 aromatic rings. The molecule has 106 valence electrons. The molecule has 4 heteroatoms. The molecular formula is C15H23NO3. The van der Waals surface area contributed by atoms with E-state index in [0.29, 0.717) is 11.6 Å². The van der Waals surface area contributed by atoms with Gasteiger partial charge in [-0.15, -0.1) is 0 Å². The first-order chi connectivity index (χ1) is 9.02. The number of methoxy groups -OCH3 is 1. The van der Waals surface area contributed by atoms with Crippen LogP contribution in [0.2, 0.25) is 0 Å². The molecule has 0 bridgehead atoms. The monoisotopic (exact) mass is 265 g/mol. The molecule has 1 atom stereocenters. The number of hydrogen-bond acceptors (Lipinski definition) is 4. The summed E-state index contributed by atoms with van der Waals surface area (Å²) in [5.74, 6) is -0.283. The molecule has 19 heavy (non-hydrogen) atoms. The Morgan fingerprint density at radius 3 is 2.37 bits per heavy atom. The highest BCUT2D eigenvalue weighted by atomic mass is 16.5. The molecule has 0 fully saturated rings. The minimum Gasteiger partial charge on any atom is -0.459 e. The van der Waals surface area contributed by atoms with Crippen molar-refractivity contribution >= 4 is 11.7 Å². The SMILES string of the molecule is COCCC(C)Nc1ccc(C(=O)OC(C)C)cc1. The Morgan fingerprint density at radius 1 is 1.21 bits per heavy atom. The molecule has 1 aromatic carbocycles. The van der Waals surface area contributed by atoms with Crippen LogP contribution >= 0.6 is 0 Å². The van der Waals surface area contributed by atoms with E-state index in [4.69, 9.17) is 9.47 Å². The summed E-state index contributed by atoms with van der Waals surface area (Å²) in [7, 11) is 1.70. The Hall–Kier alpha value is -1.55. The summed E-state index contributed by atoms with van der Waals surface area (Å²) in [5.41, 5.74) is 1.56. The van der Waals surface area contributed by atoms with Gasteiger partial charge in [0.1, 0.15) is 0 Å². The summed E-state index contributed by atoms with van der Waals surface area (Å²) in [4.78, 5) is 11.7. The van der Waals surface area contributed by atoms with E-state index < -0.39 is 0 Å². The number of esters is 1. The van der Waals surface area contributed by atoms with Crippen LogP contribution in [0.3, 0.4) is 0 Å². The highest BCUT2D eigenvalue weighted by molar-refractivity contribution is 5.89. The summed E-state index contributed by atoms with van der Waals surface area (Å²) in [5, 5.41) is 3.35. The molecule has 0 heterocycles. The van der Waals surface area contributed by atoms with Crippen LogP contribution in [0.5, 0.6) is 0 Å². The first-order valence-electron chi connectivity index (χ1n) is 6.59. The van der Waals surface area contributed by atoms with Crippen LogP contribution in [0.1, 0.15) is 37.6 Å². The molecule has 0 amide bonds. The minimum atomic E-state index is -0.283. The van der Waals surface area contributed by atoms with Crippen LogP contribution in [0.4, 0.5) is 5.69 Å². The zero-order valence-electron chi connectivity index (χ0n) is 12.1. The van der Waals surface area contributed by atoms with Crippen molar-refractivity contribution in [1.29, 1.82) is 0 Å². The molecule has 0 aromatic heterocycles. The maximum Gasteiger partial charge on any atom is 0.338 e. The minimum absolute atomic E-state index is 0.0978. The lowest BCUT2D eigenvalue weighted by atomic mass is 10.2. The second-order valence-corrected chi connectivity index (χ2v) is 4.86. The van der Waals surface area contributed by atoms with Gasteiger partial charge in [-0.05, 0) is 51.5 Å². The molecule has 1 N–H and O–H groups in total. The van der Waals surface area contributed by atoms with Crippen LogP contribution in [0.25, 0.3) is 0 Å². The number of hydrogen-bond donors (Lipinski definition) is 1. The maximum atomic E-state index is 11.7. The maximum absolute atomic E-state index is 11.7. The Kier molecular flexibility index (Phi) is 6.36. The van der Waals surface area contributed by atoms with Gasteiger partial charge in [0, 0.05) is 25.4 Å². The predicted octanol–water partition coefficient (Wildman–Crippen LogP) is 3.09. The Bertz CT molecular complexity index is 387. The second kappa shape index (κ2) is 7.79. The fourth-order valence-corrected chi connectivity index (χ4v) is 1.64. The number of carbonyl (C=O) groups excluding carboxylic acids is 1. The fourth-order valence-electron chi connectivity index (χ4n) is 1.64. The van der Waals surface area contributed by atoms with Gasteiger partial charge in [0.05, 0.1) is 11.7 Å². The van der Waals surface area contributed by atoms with Gasteiger partial charge in [-0.2, -0.15) is 0 Å². The van der Waals surface area contributed by atoms with Crippen molar-refractivity contribution in [3.8, 4) is 0 Å². The Balaban J connectivity index is 2.54. The zero-order valence-corrected chi connectivity index (χ0v) is 12.1. The standard InChI is InChI=1S/C15H23NO3/c1-11(2)19-15(17)13-5-7-14(8-6-13)16-12(3)9-10-18-4/h5-8,11-12,16H,9-10H2,1-4H3. The third-order valence-electron chi connectivity index (χ3n) is 2.63. The molecule has 0 radical (unpaired) electrons. The summed E-state index contributed by atoms with van der Waals surface area (Å²) in [6, 6.07) is 7.65. The fraction of sp³-hybridized carbons (Fsp3) is 0.533. The topological polar surface area (TPSA) is 47.6 Å². The van der Waals surface area contributed by atoms with Gasteiger partial charge in [0.15, 0.2) is 0 Å². The highest BCUT2D eigenvalue weighted by Gasteiger charge is 2.09. The van der Waals surface area contributed by atoms with Crippen molar-refractivity contribution in [3.63, 3.8) is 0 Å². The van der Waals surface area contributed by atoms with Crippen molar-refractivity contribution in [1.82, 2.24) is 0 Å². The van der Waals surface area contributed by atoms with Crippen molar-refractivity contribution in [3.05, 3.63) is 29.8 Å². The molecule has 1 unspecified atom stereocenters. The molecule has 4 nitrogen and oxygen atoms in total. The molecule has 0 saturated carbocycles. The number of rotatable bonds is 7. The lowest BCUT2D eigenvalue weighted by molar-refractivity contribution is 0.0378. The average molecular weight is 265 g/mol. The lowest BCUT2D eigenvalue weighted by Crippen LogP contribution is -2.17. The third kappa shape index (κ3) is 5.75. The molecule has 0 aliphatic carbocycles. The van der Waals surface area contributed by atoms with Crippen molar-refractivity contribution < 1.29 is 14.3 Å². The Labute approximate surface area is 115 Å². The smallest absolute Gasteiger partial charge is 0.338 e. The number of nitrogens with one attached hydrogen (secondary N) is 1. The van der Waals surface area contributed by atoms with Crippen LogP contribution in [0.15, 0.2) is 24.3 Å². The van der Waals surface area contributed by atoms with Gasteiger partial charge in [-0.25, -0.2) is 4.79 Å². The van der Waals surface area contributed by atoms with Crippen molar-refractivity contribution in [2.45, 2.75) is 39.3 Å². The van der Waals surface area contributed by atoms with Gasteiger partial charge in [0.25, 0.3) is 0 Å². The van der Waals surface area contributed by atoms with E-state index in [-0.39, 0.29) is 12.1 Å². The van der Waals surface area contributed by atoms with Crippen LogP contribution in [-0.2, 0) is 9.47 Å². The number of carbonyl (C=O) groups is 1. The van der Waals surface area contributed by atoms with Gasteiger partial charge in [-0.3, -0.25) is 0 Å². The van der Waals surface area contributed by atoms with Gasteiger partial charge in [-0.1, -0.05) is 0 Å². The van der Waals surface area contributed by atoms with Crippen molar-refractivity contribution in [2.75, 3.05) is 19.0 Å². The Morgan fingerprint density at radius 2 is 1.84 bits per heavy atom. The van der Waals surface area contributed by atoms with E-state index in [1.54, 1.807) is 19.2 Å². The summed E-state index contributed by atoms with van der Waals surface area (Å²) >= 11 is 0. The normalized spacial score (nSPS) is 12.3. The van der Waals surface area contributed by atoms with Crippen LogP contribution in [0, 0.1) is 0 Å². The second-order valence-electron chi connectivity index (χ2n) is 4.86. The first kappa shape index (κ1) is 15.5. The molecule has 0 aliphatic rings. The molecular weight excluding hydrogens is 242 g/mol. The van der Waals surface area contributed by atoms with Crippen molar-refractivity contribution in [2.24, 2.45) is 0 Å². The lowest BCUT2D eigenvalue weighted by Gasteiger charge is -2.15. The van der Waals surface area contributed by atoms with Gasteiger partial charge < -0.3 is 14.8 Å². The summed E-state index contributed by atoms with van der Waals surface area (Å²) in [6.45, 7) is 6.50.